The zero-order valence-corrected chi connectivity index (χ0v) is 12.9. The molecule has 1 aliphatic heterocycles. The number of hydrogen-bond donors (Lipinski definition) is 1. The Hall–Kier alpha value is -1.36. The lowest BCUT2D eigenvalue weighted by Gasteiger charge is -2.32. The van der Waals surface area contributed by atoms with E-state index in [4.69, 9.17) is 4.74 Å². The molecular weight excluding hydrogens is 252 g/mol. The van der Waals surface area contributed by atoms with Crippen molar-refractivity contribution < 1.29 is 4.74 Å². The molecule has 2 rings (SSSR count). The number of rotatable bonds is 6. The second-order valence-corrected chi connectivity index (χ2v) is 5.32. The molecule has 0 aromatic carbocycles. The van der Waals surface area contributed by atoms with Gasteiger partial charge >= 0.3 is 0 Å². The summed E-state index contributed by atoms with van der Waals surface area (Å²) in [5.74, 6) is 2.28. The van der Waals surface area contributed by atoms with Crippen LogP contribution in [0.15, 0.2) is 6.07 Å². The van der Waals surface area contributed by atoms with Crippen molar-refractivity contribution in [3.63, 3.8) is 0 Å². The number of piperidine rings is 1. The number of anilines is 1. The van der Waals surface area contributed by atoms with Gasteiger partial charge in [-0.2, -0.15) is 4.98 Å². The Kier molecular flexibility index (Phi) is 5.59. The molecule has 1 aliphatic rings. The number of aryl methyl sites for hydroxylation is 1. The lowest BCUT2D eigenvalue weighted by atomic mass is 9.97. The van der Waals surface area contributed by atoms with Crippen molar-refractivity contribution in [1.29, 1.82) is 0 Å². The summed E-state index contributed by atoms with van der Waals surface area (Å²) in [6, 6.07) is 1.89. The van der Waals surface area contributed by atoms with E-state index in [1.54, 1.807) is 0 Å². The van der Waals surface area contributed by atoms with Crippen LogP contribution in [0.25, 0.3) is 0 Å². The fourth-order valence-electron chi connectivity index (χ4n) is 2.57. The normalized spacial score (nSPS) is 16.4. The van der Waals surface area contributed by atoms with E-state index in [0.717, 1.165) is 43.7 Å². The van der Waals surface area contributed by atoms with Crippen molar-refractivity contribution >= 4 is 5.95 Å². The molecule has 112 valence electrons. The van der Waals surface area contributed by atoms with Gasteiger partial charge in [0.2, 0.25) is 11.8 Å². The number of aromatic nitrogens is 2. The van der Waals surface area contributed by atoms with E-state index in [1.807, 2.05) is 19.9 Å². The second-order valence-electron chi connectivity index (χ2n) is 5.32. The molecule has 1 aromatic rings. The van der Waals surface area contributed by atoms with Crippen LogP contribution in [0.1, 0.15) is 32.4 Å². The third-order valence-electron chi connectivity index (χ3n) is 3.69. The third kappa shape index (κ3) is 4.07. The van der Waals surface area contributed by atoms with E-state index in [0.29, 0.717) is 12.5 Å². The van der Waals surface area contributed by atoms with Crippen LogP contribution in [-0.2, 0) is 0 Å². The summed E-state index contributed by atoms with van der Waals surface area (Å²) >= 11 is 0. The zero-order valence-electron chi connectivity index (χ0n) is 12.9. The molecule has 0 bridgehead atoms. The Morgan fingerprint density at radius 3 is 2.70 bits per heavy atom. The first-order chi connectivity index (χ1) is 9.72. The number of nitrogens with zero attached hydrogens (tertiary/aromatic N) is 3. The molecule has 20 heavy (non-hydrogen) atoms. The average Bonchev–Trinajstić information content (AvgIpc) is 2.45. The highest BCUT2D eigenvalue weighted by molar-refractivity contribution is 5.34. The standard InChI is InChI=1S/C15H26N4O/c1-4-16-11-13-6-8-19(9-7-13)15-17-12(3)10-14(18-15)20-5-2/h10,13,16H,4-9,11H2,1-3H3. The van der Waals surface area contributed by atoms with Gasteiger partial charge in [-0.3, -0.25) is 0 Å². The summed E-state index contributed by atoms with van der Waals surface area (Å²) in [5, 5.41) is 3.44. The molecule has 0 saturated carbocycles. The molecule has 1 N–H and O–H groups in total. The van der Waals surface area contributed by atoms with Gasteiger partial charge in [0.15, 0.2) is 0 Å². The molecule has 0 amide bonds. The molecule has 0 aliphatic carbocycles. The highest BCUT2D eigenvalue weighted by atomic mass is 16.5. The average molecular weight is 278 g/mol. The predicted octanol–water partition coefficient (Wildman–Crippen LogP) is 2.01. The molecule has 1 saturated heterocycles. The zero-order chi connectivity index (χ0) is 14.4. The van der Waals surface area contributed by atoms with Crippen LogP contribution in [-0.4, -0.2) is 42.8 Å². The Bertz CT molecular complexity index is 416. The van der Waals surface area contributed by atoms with Gasteiger partial charge in [-0.25, -0.2) is 4.98 Å². The highest BCUT2D eigenvalue weighted by Gasteiger charge is 2.21. The molecule has 0 radical (unpaired) electrons. The molecule has 1 aromatic heterocycles. The maximum Gasteiger partial charge on any atom is 0.228 e. The van der Waals surface area contributed by atoms with Crippen LogP contribution in [0, 0.1) is 12.8 Å². The van der Waals surface area contributed by atoms with Crippen LogP contribution < -0.4 is 15.0 Å². The van der Waals surface area contributed by atoms with Gasteiger partial charge in [-0.15, -0.1) is 0 Å². The fourth-order valence-corrected chi connectivity index (χ4v) is 2.57. The first-order valence-electron chi connectivity index (χ1n) is 7.67. The van der Waals surface area contributed by atoms with Gasteiger partial charge < -0.3 is 15.0 Å². The van der Waals surface area contributed by atoms with Gasteiger partial charge in [0.1, 0.15) is 0 Å². The number of hydrogen-bond acceptors (Lipinski definition) is 5. The first kappa shape index (κ1) is 15.0. The van der Waals surface area contributed by atoms with Crippen LogP contribution in [0.5, 0.6) is 5.88 Å². The van der Waals surface area contributed by atoms with E-state index < -0.39 is 0 Å². The van der Waals surface area contributed by atoms with E-state index >= 15 is 0 Å². The van der Waals surface area contributed by atoms with Gasteiger partial charge in [0, 0.05) is 24.8 Å². The molecule has 1 fully saturated rings. The largest absolute Gasteiger partial charge is 0.478 e. The molecule has 0 atom stereocenters. The van der Waals surface area contributed by atoms with E-state index in [1.165, 1.54) is 12.8 Å². The summed E-state index contributed by atoms with van der Waals surface area (Å²) in [6.07, 6.45) is 2.41. The molecule has 0 spiro atoms. The molecule has 0 unspecified atom stereocenters. The Morgan fingerprint density at radius 2 is 2.05 bits per heavy atom. The van der Waals surface area contributed by atoms with Crippen LogP contribution >= 0.6 is 0 Å². The smallest absolute Gasteiger partial charge is 0.228 e. The quantitative estimate of drug-likeness (QED) is 0.862. The SMILES string of the molecule is CCNCC1CCN(c2nc(C)cc(OCC)n2)CC1. The molecule has 5 heteroatoms. The maximum atomic E-state index is 5.50. The summed E-state index contributed by atoms with van der Waals surface area (Å²) in [6.45, 7) is 11.0. The Morgan fingerprint density at radius 1 is 1.30 bits per heavy atom. The van der Waals surface area contributed by atoms with Gasteiger partial charge in [0.05, 0.1) is 6.61 Å². The summed E-state index contributed by atoms with van der Waals surface area (Å²) in [4.78, 5) is 11.3. The fraction of sp³-hybridized carbons (Fsp3) is 0.733. The lowest BCUT2D eigenvalue weighted by Crippen LogP contribution is -2.38. The van der Waals surface area contributed by atoms with E-state index in [2.05, 4.69) is 27.1 Å². The molecular formula is C15H26N4O. The molecule has 2 heterocycles. The van der Waals surface area contributed by atoms with Crippen LogP contribution in [0.2, 0.25) is 0 Å². The predicted molar refractivity (Wildman–Crippen MR) is 81.4 cm³/mol. The Balaban J connectivity index is 1.96. The van der Waals surface area contributed by atoms with E-state index in [9.17, 15) is 0 Å². The van der Waals surface area contributed by atoms with Crippen molar-refractivity contribution in [2.24, 2.45) is 5.92 Å². The summed E-state index contributed by atoms with van der Waals surface area (Å²) in [5.41, 5.74) is 0.966. The number of ether oxygens (including phenoxy) is 1. The second kappa shape index (κ2) is 7.43. The van der Waals surface area contributed by atoms with Crippen LogP contribution in [0.3, 0.4) is 0 Å². The van der Waals surface area contributed by atoms with Crippen molar-refractivity contribution in [2.75, 3.05) is 37.7 Å². The van der Waals surface area contributed by atoms with Crippen molar-refractivity contribution in [2.45, 2.75) is 33.6 Å². The number of nitrogens with one attached hydrogen (secondary N) is 1. The summed E-state index contributed by atoms with van der Waals surface area (Å²) in [7, 11) is 0. The van der Waals surface area contributed by atoms with Gasteiger partial charge in [0.25, 0.3) is 0 Å². The monoisotopic (exact) mass is 278 g/mol. The van der Waals surface area contributed by atoms with Crippen molar-refractivity contribution in [1.82, 2.24) is 15.3 Å². The molecule has 5 nitrogen and oxygen atoms in total. The van der Waals surface area contributed by atoms with Gasteiger partial charge in [-0.05, 0) is 45.7 Å². The van der Waals surface area contributed by atoms with E-state index in [-0.39, 0.29) is 0 Å². The summed E-state index contributed by atoms with van der Waals surface area (Å²) < 4.78 is 5.50. The van der Waals surface area contributed by atoms with Crippen molar-refractivity contribution in [3.05, 3.63) is 11.8 Å². The minimum absolute atomic E-state index is 0.640. The highest BCUT2D eigenvalue weighted by Crippen LogP contribution is 2.22. The first-order valence-corrected chi connectivity index (χ1v) is 7.67. The topological polar surface area (TPSA) is 50.3 Å². The minimum atomic E-state index is 0.640. The Labute approximate surface area is 121 Å². The minimum Gasteiger partial charge on any atom is -0.478 e. The third-order valence-corrected chi connectivity index (χ3v) is 3.69. The van der Waals surface area contributed by atoms with Gasteiger partial charge in [-0.1, -0.05) is 6.92 Å². The van der Waals surface area contributed by atoms with Crippen LogP contribution in [0.4, 0.5) is 5.95 Å². The maximum absolute atomic E-state index is 5.50. The van der Waals surface area contributed by atoms with Crippen molar-refractivity contribution in [3.8, 4) is 5.88 Å². The lowest BCUT2D eigenvalue weighted by molar-refractivity contribution is 0.324.